The maximum absolute atomic E-state index is 11.4. The third-order valence-electron chi connectivity index (χ3n) is 2.45. The Morgan fingerprint density at radius 2 is 2.27 bits per heavy atom. The second-order valence-corrected chi connectivity index (χ2v) is 4.39. The summed E-state index contributed by atoms with van der Waals surface area (Å²) in [5.41, 5.74) is 0.0729. The lowest BCUT2D eigenvalue weighted by atomic mass is 9.81. The molecule has 1 rings (SSSR count). The topological polar surface area (TPSA) is 17.1 Å². The van der Waals surface area contributed by atoms with Crippen molar-refractivity contribution in [3.8, 4) is 0 Å². The number of rotatable bonds is 4. The minimum atomic E-state index is -0.742. The molecule has 0 spiro atoms. The van der Waals surface area contributed by atoms with Gasteiger partial charge in [0.25, 0.3) is 0 Å². The maximum Gasteiger partial charge on any atom is 0.232 e. The van der Waals surface area contributed by atoms with Crippen LogP contribution in [0.4, 0.5) is 0 Å². The van der Waals surface area contributed by atoms with Gasteiger partial charge in [0.15, 0.2) is 0 Å². The van der Waals surface area contributed by atoms with E-state index in [1.165, 1.54) is 0 Å². The van der Waals surface area contributed by atoms with E-state index in [0.29, 0.717) is 11.4 Å². The number of halogens is 2. The molecule has 0 aliphatic carbocycles. The Morgan fingerprint density at radius 3 is 2.73 bits per heavy atom. The number of carbonyl (C=O) groups excluding carboxylic acids is 1. The van der Waals surface area contributed by atoms with Gasteiger partial charge in [0.05, 0.1) is 5.41 Å². The molecule has 1 atom stereocenters. The van der Waals surface area contributed by atoms with Crippen molar-refractivity contribution in [1.82, 2.24) is 0 Å². The van der Waals surface area contributed by atoms with Gasteiger partial charge in [-0.05, 0) is 42.6 Å². The van der Waals surface area contributed by atoms with Crippen LogP contribution in [0.15, 0.2) is 36.9 Å². The summed E-state index contributed by atoms with van der Waals surface area (Å²) < 4.78 is 0. The van der Waals surface area contributed by atoms with Crippen molar-refractivity contribution >= 4 is 28.4 Å². The summed E-state index contributed by atoms with van der Waals surface area (Å²) in [6.07, 6.45) is 2.18. The number of carbonyl (C=O) groups is 1. The van der Waals surface area contributed by atoms with E-state index in [2.05, 4.69) is 6.58 Å². The van der Waals surface area contributed by atoms with E-state index in [1.54, 1.807) is 31.2 Å². The van der Waals surface area contributed by atoms with Crippen LogP contribution in [-0.4, -0.2) is 5.24 Å². The normalized spacial score (nSPS) is 14.3. The zero-order chi connectivity index (χ0) is 11.5. The summed E-state index contributed by atoms with van der Waals surface area (Å²) in [7, 11) is 0. The molecular weight excluding hydrogens is 231 g/mol. The molecule has 0 aromatic heterocycles. The quantitative estimate of drug-likeness (QED) is 0.578. The van der Waals surface area contributed by atoms with Crippen molar-refractivity contribution in [2.45, 2.75) is 18.8 Å². The van der Waals surface area contributed by atoms with Gasteiger partial charge < -0.3 is 0 Å². The number of hydrogen-bond donors (Lipinski definition) is 0. The zero-order valence-corrected chi connectivity index (χ0v) is 9.98. The van der Waals surface area contributed by atoms with E-state index in [1.807, 2.05) is 6.07 Å². The summed E-state index contributed by atoms with van der Waals surface area (Å²) in [4.78, 5) is 11.4. The lowest BCUT2D eigenvalue weighted by Crippen LogP contribution is -2.28. The molecule has 1 unspecified atom stereocenters. The van der Waals surface area contributed by atoms with Gasteiger partial charge in [-0.3, -0.25) is 4.79 Å². The number of allylic oxidation sites excluding steroid dienone is 1. The molecule has 0 saturated heterocycles. The van der Waals surface area contributed by atoms with Crippen LogP contribution < -0.4 is 0 Å². The van der Waals surface area contributed by atoms with Gasteiger partial charge in [0, 0.05) is 5.02 Å². The van der Waals surface area contributed by atoms with Crippen LogP contribution in [0, 0.1) is 0 Å². The monoisotopic (exact) mass is 242 g/mol. The molecule has 0 heterocycles. The van der Waals surface area contributed by atoms with Gasteiger partial charge in [0.2, 0.25) is 5.24 Å². The average Bonchev–Trinajstić information content (AvgIpc) is 2.17. The molecule has 0 aliphatic heterocycles. The highest BCUT2D eigenvalue weighted by molar-refractivity contribution is 6.65. The van der Waals surface area contributed by atoms with Crippen molar-refractivity contribution in [2.24, 2.45) is 0 Å². The highest BCUT2D eigenvalue weighted by Gasteiger charge is 2.32. The fraction of sp³-hybridized carbons (Fsp3) is 0.250. The molecule has 0 N–H and O–H groups in total. The Kier molecular flexibility index (Phi) is 3.95. The number of hydrogen-bond acceptors (Lipinski definition) is 1. The van der Waals surface area contributed by atoms with Gasteiger partial charge >= 0.3 is 0 Å². The van der Waals surface area contributed by atoms with Crippen LogP contribution in [0.5, 0.6) is 0 Å². The molecule has 1 nitrogen and oxygen atoms in total. The molecular formula is C12H12Cl2O. The minimum absolute atomic E-state index is 0.398. The summed E-state index contributed by atoms with van der Waals surface area (Å²) in [6, 6.07) is 7.16. The fourth-order valence-electron chi connectivity index (χ4n) is 1.43. The average molecular weight is 243 g/mol. The van der Waals surface area contributed by atoms with Crippen LogP contribution in [0.1, 0.15) is 18.9 Å². The van der Waals surface area contributed by atoms with Gasteiger partial charge in [-0.1, -0.05) is 29.8 Å². The molecule has 0 aliphatic rings. The molecule has 15 heavy (non-hydrogen) atoms. The molecule has 0 saturated carbocycles. The highest BCUT2D eigenvalue weighted by atomic mass is 35.5. The first-order valence-electron chi connectivity index (χ1n) is 4.57. The lowest BCUT2D eigenvalue weighted by molar-refractivity contribution is -0.116. The molecule has 0 radical (unpaired) electrons. The smallest absolute Gasteiger partial charge is 0.232 e. The van der Waals surface area contributed by atoms with E-state index in [0.717, 1.165) is 5.56 Å². The maximum atomic E-state index is 11.4. The van der Waals surface area contributed by atoms with Crippen molar-refractivity contribution < 1.29 is 4.79 Å². The van der Waals surface area contributed by atoms with Crippen LogP contribution >= 0.6 is 23.2 Å². The fourth-order valence-corrected chi connectivity index (χ4v) is 1.81. The van der Waals surface area contributed by atoms with Crippen LogP contribution in [0.2, 0.25) is 5.02 Å². The lowest BCUT2D eigenvalue weighted by Gasteiger charge is -2.24. The van der Waals surface area contributed by atoms with Crippen molar-refractivity contribution in [2.75, 3.05) is 0 Å². The summed E-state index contributed by atoms with van der Waals surface area (Å²) in [5.74, 6) is 0. The first-order valence-corrected chi connectivity index (χ1v) is 5.33. The Bertz CT molecular complexity index is 387. The standard InChI is InChI=1S/C12H12Cl2O/c1-3-7-12(2,11(14)15)9-5-4-6-10(13)8-9/h3-6,8H,1,7H2,2H3. The SMILES string of the molecule is C=CCC(C)(C(=O)Cl)c1cccc(Cl)c1. The minimum Gasteiger partial charge on any atom is -0.280 e. The predicted octanol–water partition coefficient (Wildman–Crippen LogP) is 3.94. The van der Waals surface area contributed by atoms with E-state index in [4.69, 9.17) is 23.2 Å². The van der Waals surface area contributed by atoms with Crippen LogP contribution in [-0.2, 0) is 10.2 Å². The Labute approximate surface area is 99.7 Å². The second kappa shape index (κ2) is 4.82. The first kappa shape index (κ1) is 12.3. The Balaban J connectivity index is 3.20. The largest absolute Gasteiger partial charge is 0.280 e. The molecule has 3 heteroatoms. The summed E-state index contributed by atoms with van der Waals surface area (Å²) in [6.45, 7) is 5.42. The van der Waals surface area contributed by atoms with Crippen molar-refractivity contribution in [3.05, 3.63) is 47.5 Å². The molecule has 1 aromatic carbocycles. The molecule has 1 aromatic rings. The van der Waals surface area contributed by atoms with E-state index in [9.17, 15) is 4.79 Å². The van der Waals surface area contributed by atoms with Gasteiger partial charge in [-0.15, -0.1) is 6.58 Å². The molecule has 0 bridgehead atoms. The number of benzene rings is 1. The summed E-state index contributed by atoms with van der Waals surface area (Å²) in [5, 5.41) is 0.199. The van der Waals surface area contributed by atoms with E-state index >= 15 is 0 Å². The zero-order valence-electron chi connectivity index (χ0n) is 8.47. The Hall–Kier alpha value is -0.790. The third-order valence-corrected chi connectivity index (χ3v) is 3.10. The van der Waals surface area contributed by atoms with Gasteiger partial charge in [-0.2, -0.15) is 0 Å². The second-order valence-electron chi connectivity index (χ2n) is 3.61. The molecule has 0 amide bonds. The summed E-state index contributed by atoms with van der Waals surface area (Å²) >= 11 is 11.5. The van der Waals surface area contributed by atoms with Crippen molar-refractivity contribution in [1.29, 1.82) is 0 Å². The Morgan fingerprint density at radius 1 is 1.60 bits per heavy atom. The van der Waals surface area contributed by atoms with Crippen LogP contribution in [0.3, 0.4) is 0 Å². The molecule has 0 fully saturated rings. The van der Waals surface area contributed by atoms with E-state index < -0.39 is 10.7 Å². The predicted molar refractivity (Wildman–Crippen MR) is 64.5 cm³/mol. The van der Waals surface area contributed by atoms with Crippen molar-refractivity contribution in [3.63, 3.8) is 0 Å². The first-order chi connectivity index (χ1) is 7.00. The molecule has 80 valence electrons. The van der Waals surface area contributed by atoms with Crippen LogP contribution in [0.25, 0.3) is 0 Å². The van der Waals surface area contributed by atoms with Gasteiger partial charge in [-0.25, -0.2) is 0 Å². The third kappa shape index (κ3) is 2.61. The van der Waals surface area contributed by atoms with Gasteiger partial charge in [0.1, 0.15) is 0 Å². The highest BCUT2D eigenvalue weighted by Crippen LogP contribution is 2.32. The van der Waals surface area contributed by atoms with E-state index in [-0.39, 0.29) is 0 Å².